The molecule has 1 aliphatic heterocycles. The van der Waals surface area contributed by atoms with E-state index in [0.29, 0.717) is 17.8 Å². The van der Waals surface area contributed by atoms with E-state index in [1.807, 2.05) is 13.0 Å². The number of aryl methyl sites for hydroxylation is 2. The third-order valence-electron chi connectivity index (χ3n) is 4.36. The number of carbonyl (C=O) groups is 1. The minimum absolute atomic E-state index is 0.429. The van der Waals surface area contributed by atoms with E-state index in [1.54, 1.807) is 19.2 Å². The zero-order valence-corrected chi connectivity index (χ0v) is 14.7. The Morgan fingerprint density at radius 1 is 1.20 bits per heavy atom. The lowest BCUT2D eigenvalue weighted by Gasteiger charge is -2.27. The molecule has 3 rings (SSSR count). The Bertz CT molecular complexity index is 770. The highest BCUT2D eigenvalue weighted by molar-refractivity contribution is 5.94. The molecule has 1 aliphatic rings. The summed E-state index contributed by atoms with van der Waals surface area (Å²) in [5, 5.41) is 3.26. The Morgan fingerprint density at radius 2 is 1.96 bits per heavy atom. The van der Waals surface area contributed by atoms with Gasteiger partial charge in [-0.3, -0.25) is 9.78 Å². The summed E-state index contributed by atoms with van der Waals surface area (Å²) in [7, 11) is 0. The van der Waals surface area contributed by atoms with Gasteiger partial charge in [0.05, 0.1) is 35.4 Å². The van der Waals surface area contributed by atoms with Crippen molar-refractivity contribution in [1.29, 1.82) is 0 Å². The summed E-state index contributed by atoms with van der Waals surface area (Å²) in [5.74, 6) is 0.329. The molecule has 0 saturated carbocycles. The monoisotopic (exact) mass is 340 g/mol. The summed E-state index contributed by atoms with van der Waals surface area (Å²) in [6.07, 6.45) is 5.35. The van der Waals surface area contributed by atoms with Gasteiger partial charge < -0.3 is 16.0 Å². The predicted molar refractivity (Wildman–Crippen MR) is 97.7 cm³/mol. The van der Waals surface area contributed by atoms with Gasteiger partial charge in [-0.1, -0.05) is 0 Å². The fourth-order valence-corrected chi connectivity index (χ4v) is 3.01. The molecule has 132 valence electrons. The molecule has 25 heavy (non-hydrogen) atoms. The summed E-state index contributed by atoms with van der Waals surface area (Å²) in [4.78, 5) is 27.2. The first-order valence-electron chi connectivity index (χ1n) is 8.63. The zero-order chi connectivity index (χ0) is 17.8. The standard InChI is InChI=1S/C18H24N6O/c1-12-8-15(23-18(22-12)24-6-4-3-5-7-24)11-21-14-9-16(17(19)25)13(2)20-10-14/h8-10,21H,3-7,11H2,1-2H3,(H2,19,25). The Labute approximate surface area is 147 Å². The van der Waals surface area contributed by atoms with Crippen LogP contribution in [0.4, 0.5) is 11.6 Å². The van der Waals surface area contributed by atoms with Crippen molar-refractivity contribution in [3.8, 4) is 0 Å². The molecule has 0 atom stereocenters. The molecule has 3 N–H and O–H groups in total. The van der Waals surface area contributed by atoms with Gasteiger partial charge in [-0.25, -0.2) is 9.97 Å². The fourth-order valence-electron chi connectivity index (χ4n) is 3.01. The van der Waals surface area contributed by atoms with Crippen molar-refractivity contribution in [3.63, 3.8) is 0 Å². The molecule has 2 aromatic heterocycles. The number of carbonyl (C=O) groups excluding carboxylic acids is 1. The summed E-state index contributed by atoms with van der Waals surface area (Å²) < 4.78 is 0. The molecule has 0 spiro atoms. The second-order valence-electron chi connectivity index (χ2n) is 6.42. The van der Waals surface area contributed by atoms with Crippen LogP contribution in [0.3, 0.4) is 0 Å². The van der Waals surface area contributed by atoms with Crippen LogP contribution in [0.2, 0.25) is 0 Å². The van der Waals surface area contributed by atoms with Crippen molar-refractivity contribution >= 4 is 17.5 Å². The second kappa shape index (κ2) is 7.46. The van der Waals surface area contributed by atoms with Crippen LogP contribution < -0.4 is 16.0 Å². The summed E-state index contributed by atoms with van der Waals surface area (Å²) in [6, 6.07) is 3.70. The van der Waals surface area contributed by atoms with Gasteiger partial charge in [-0.05, 0) is 45.2 Å². The highest BCUT2D eigenvalue weighted by atomic mass is 16.1. The SMILES string of the molecule is Cc1cc(CNc2cnc(C)c(C(N)=O)c2)nc(N2CCCCC2)n1. The number of primary amides is 1. The Balaban J connectivity index is 1.74. The Hall–Kier alpha value is -2.70. The molecule has 3 heterocycles. The van der Waals surface area contributed by atoms with E-state index >= 15 is 0 Å². The first kappa shape index (κ1) is 17.1. The number of aromatic nitrogens is 3. The summed E-state index contributed by atoms with van der Waals surface area (Å²) >= 11 is 0. The minimum atomic E-state index is -0.473. The molecule has 0 bridgehead atoms. The van der Waals surface area contributed by atoms with Crippen LogP contribution in [0.25, 0.3) is 0 Å². The van der Waals surface area contributed by atoms with E-state index in [-0.39, 0.29) is 0 Å². The van der Waals surface area contributed by atoms with E-state index in [0.717, 1.165) is 36.1 Å². The van der Waals surface area contributed by atoms with E-state index in [1.165, 1.54) is 19.3 Å². The van der Waals surface area contributed by atoms with Gasteiger partial charge in [0.2, 0.25) is 5.95 Å². The van der Waals surface area contributed by atoms with E-state index < -0.39 is 5.91 Å². The maximum absolute atomic E-state index is 11.4. The van der Waals surface area contributed by atoms with Gasteiger partial charge in [0, 0.05) is 18.8 Å². The van der Waals surface area contributed by atoms with Gasteiger partial charge in [-0.2, -0.15) is 0 Å². The topological polar surface area (TPSA) is 97.0 Å². The summed E-state index contributed by atoms with van der Waals surface area (Å²) in [6.45, 7) is 6.31. The molecule has 0 unspecified atom stereocenters. The van der Waals surface area contributed by atoms with Crippen molar-refractivity contribution in [3.05, 3.63) is 41.0 Å². The molecule has 0 aromatic carbocycles. The highest BCUT2D eigenvalue weighted by Crippen LogP contribution is 2.18. The van der Waals surface area contributed by atoms with Crippen LogP contribution in [0.15, 0.2) is 18.3 Å². The molecule has 2 aromatic rings. The Morgan fingerprint density at radius 3 is 2.68 bits per heavy atom. The average Bonchev–Trinajstić information content (AvgIpc) is 2.61. The average molecular weight is 340 g/mol. The number of nitrogens with zero attached hydrogens (tertiary/aromatic N) is 4. The van der Waals surface area contributed by atoms with Crippen LogP contribution in [0, 0.1) is 13.8 Å². The van der Waals surface area contributed by atoms with E-state index in [9.17, 15) is 4.79 Å². The van der Waals surface area contributed by atoms with Crippen molar-refractivity contribution in [1.82, 2.24) is 15.0 Å². The maximum atomic E-state index is 11.4. The third-order valence-corrected chi connectivity index (χ3v) is 4.36. The van der Waals surface area contributed by atoms with Gasteiger partial charge in [0.15, 0.2) is 0 Å². The number of nitrogens with one attached hydrogen (secondary N) is 1. The molecule has 0 radical (unpaired) electrons. The first-order chi connectivity index (χ1) is 12.0. The lowest BCUT2D eigenvalue weighted by Crippen LogP contribution is -2.31. The van der Waals surface area contributed by atoms with Crippen molar-refractivity contribution in [2.24, 2.45) is 5.73 Å². The highest BCUT2D eigenvalue weighted by Gasteiger charge is 2.15. The third kappa shape index (κ3) is 4.23. The van der Waals surface area contributed by atoms with Gasteiger partial charge in [-0.15, -0.1) is 0 Å². The van der Waals surface area contributed by atoms with Crippen molar-refractivity contribution < 1.29 is 4.79 Å². The molecule has 0 aliphatic carbocycles. The van der Waals surface area contributed by atoms with Crippen molar-refractivity contribution in [2.75, 3.05) is 23.3 Å². The molecule has 1 saturated heterocycles. The van der Waals surface area contributed by atoms with Crippen LogP contribution in [0.5, 0.6) is 0 Å². The van der Waals surface area contributed by atoms with Crippen LogP contribution >= 0.6 is 0 Å². The first-order valence-corrected chi connectivity index (χ1v) is 8.63. The van der Waals surface area contributed by atoms with Gasteiger partial charge in [0.25, 0.3) is 5.91 Å². The smallest absolute Gasteiger partial charge is 0.250 e. The Kier molecular flexibility index (Phi) is 5.11. The largest absolute Gasteiger partial charge is 0.378 e. The minimum Gasteiger partial charge on any atom is -0.378 e. The normalized spacial score (nSPS) is 14.4. The van der Waals surface area contributed by atoms with Crippen LogP contribution in [0.1, 0.15) is 46.7 Å². The number of pyridine rings is 1. The summed E-state index contributed by atoms with van der Waals surface area (Å²) in [5.41, 5.74) is 9.04. The van der Waals surface area contributed by atoms with Crippen LogP contribution in [-0.2, 0) is 6.54 Å². The molecule has 1 fully saturated rings. The fraction of sp³-hybridized carbons (Fsp3) is 0.444. The van der Waals surface area contributed by atoms with Gasteiger partial charge in [0.1, 0.15) is 0 Å². The molecular weight excluding hydrogens is 316 g/mol. The number of hydrogen-bond donors (Lipinski definition) is 2. The van der Waals surface area contributed by atoms with Gasteiger partial charge >= 0.3 is 0 Å². The van der Waals surface area contributed by atoms with Crippen molar-refractivity contribution in [2.45, 2.75) is 39.7 Å². The number of piperidine rings is 1. The number of rotatable bonds is 5. The van der Waals surface area contributed by atoms with Crippen LogP contribution in [-0.4, -0.2) is 33.9 Å². The quantitative estimate of drug-likeness (QED) is 0.866. The van der Waals surface area contributed by atoms with E-state index in [2.05, 4.69) is 25.2 Å². The lowest BCUT2D eigenvalue weighted by molar-refractivity contribution is 0.0999. The molecule has 7 heteroatoms. The number of amides is 1. The number of nitrogens with two attached hydrogens (primary N) is 1. The number of anilines is 2. The molecular formula is C18H24N6O. The lowest BCUT2D eigenvalue weighted by atomic mass is 10.1. The maximum Gasteiger partial charge on any atom is 0.250 e. The molecule has 1 amide bonds. The zero-order valence-electron chi connectivity index (χ0n) is 14.7. The molecule has 7 nitrogen and oxygen atoms in total. The number of hydrogen-bond acceptors (Lipinski definition) is 6. The van der Waals surface area contributed by atoms with E-state index in [4.69, 9.17) is 5.73 Å². The predicted octanol–water partition coefficient (Wildman–Crippen LogP) is 2.19. The second-order valence-corrected chi connectivity index (χ2v) is 6.42.